The van der Waals surface area contributed by atoms with Crippen molar-refractivity contribution in [3.63, 3.8) is 0 Å². The lowest BCUT2D eigenvalue weighted by Crippen LogP contribution is -2.42. The maximum atomic E-state index is 13.2. The first-order valence-electron chi connectivity index (χ1n) is 9.75. The van der Waals surface area contributed by atoms with E-state index in [-0.39, 0.29) is 28.9 Å². The number of carbonyl (C=O) groups excluding carboxylic acids is 1. The number of fused-ring (bicyclic) bond motifs is 1. The molecule has 1 aromatic carbocycles. The highest BCUT2D eigenvalue weighted by atomic mass is 32.2. The summed E-state index contributed by atoms with van der Waals surface area (Å²) >= 11 is 0. The number of benzene rings is 1. The predicted octanol–water partition coefficient (Wildman–Crippen LogP) is 3.89. The Morgan fingerprint density at radius 2 is 2.00 bits per heavy atom. The molecule has 3 rings (SSSR count). The minimum Gasteiger partial charge on any atom is -0.351 e. The molecule has 1 N–H and O–H groups in total. The minimum atomic E-state index is -3.03. The molecule has 0 radical (unpaired) electrons. The van der Waals surface area contributed by atoms with Crippen molar-refractivity contribution in [2.45, 2.75) is 58.4 Å². The van der Waals surface area contributed by atoms with Gasteiger partial charge in [0.1, 0.15) is 5.69 Å². The largest absolute Gasteiger partial charge is 0.351 e. The van der Waals surface area contributed by atoms with Crippen LogP contribution in [0.1, 0.15) is 63.0 Å². The highest BCUT2D eigenvalue weighted by Gasteiger charge is 2.35. The molecule has 6 heteroatoms. The van der Waals surface area contributed by atoms with Crippen LogP contribution in [0.4, 0.5) is 0 Å². The van der Waals surface area contributed by atoms with Gasteiger partial charge in [-0.25, -0.2) is 8.42 Å². The summed E-state index contributed by atoms with van der Waals surface area (Å²) in [6.45, 7) is 9.16. The Morgan fingerprint density at radius 3 is 2.59 bits per heavy atom. The monoisotopic (exact) mass is 390 g/mol. The van der Waals surface area contributed by atoms with Gasteiger partial charge >= 0.3 is 0 Å². The van der Waals surface area contributed by atoms with E-state index in [1.54, 1.807) is 4.90 Å². The summed E-state index contributed by atoms with van der Waals surface area (Å²) in [5.41, 5.74) is 2.73. The molecular weight excluding hydrogens is 360 g/mol. The molecule has 2 heterocycles. The number of aromatic nitrogens is 1. The van der Waals surface area contributed by atoms with Gasteiger partial charge in [-0.15, -0.1) is 0 Å². The molecule has 1 aliphatic heterocycles. The zero-order valence-electron chi connectivity index (χ0n) is 16.7. The van der Waals surface area contributed by atoms with Gasteiger partial charge in [0.2, 0.25) is 0 Å². The second kappa shape index (κ2) is 7.30. The SMILES string of the molecule is CCCCN(C(=O)c1cc2ccc(C(C)(C)C)cc2[nH]1)C1CCS(=O)(=O)C1. The van der Waals surface area contributed by atoms with E-state index in [1.165, 1.54) is 5.56 Å². The molecule has 1 aliphatic rings. The number of rotatable bonds is 5. The van der Waals surface area contributed by atoms with Crippen LogP contribution in [0.25, 0.3) is 10.9 Å². The van der Waals surface area contributed by atoms with Gasteiger partial charge in [-0.1, -0.05) is 46.2 Å². The molecule has 0 bridgehead atoms. The Kier molecular flexibility index (Phi) is 5.39. The molecule has 1 unspecified atom stereocenters. The van der Waals surface area contributed by atoms with Gasteiger partial charge in [-0.3, -0.25) is 4.79 Å². The molecule has 1 saturated heterocycles. The lowest BCUT2D eigenvalue weighted by molar-refractivity contribution is 0.0689. The summed E-state index contributed by atoms with van der Waals surface area (Å²) in [5, 5.41) is 1.00. The van der Waals surface area contributed by atoms with E-state index in [9.17, 15) is 13.2 Å². The molecule has 1 fully saturated rings. The lowest BCUT2D eigenvalue weighted by Gasteiger charge is -2.27. The zero-order valence-corrected chi connectivity index (χ0v) is 17.5. The van der Waals surface area contributed by atoms with Crippen LogP contribution in [0.3, 0.4) is 0 Å². The van der Waals surface area contributed by atoms with Gasteiger partial charge in [0.15, 0.2) is 9.84 Å². The minimum absolute atomic E-state index is 0.0365. The van der Waals surface area contributed by atoms with Crippen LogP contribution in [0.5, 0.6) is 0 Å². The number of nitrogens with zero attached hydrogens (tertiary/aromatic N) is 1. The Hall–Kier alpha value is -1.82. The smallest absolute Gasteiger partial charge is 0.270 e. The van der Waals surface area contributed by atoms with E-state index in [1.807, 2.05) is 12.1 Å². The average Bonchev–Trinajstić information content (AvgIpc) is 3.16. The van der Waals surface area contributed by atoms with E-state index in [2.05, 4.69) is 44.8 Å². The number of H-pyrrole nitrogens is 1. The normalized spacial score (nSPS) is 19.5. The van der Waals surface area contributed by atoms with Crippen molar-refractivity contribution in [2.24, 2.45) is 0 Å². The molecule has 1 amide bonds. The third-order valence-electron chi connectivity index (χ3n) is 5.38. The predicted molar refractivity (Wildman–Crippen MR) is 110 cm³/mol. The first kappa shape index (κ1) is 19.9. The molecule has 1 atom stereocenters. The second-order valence-corrected chi connectivity index (χ2v) is 10.9. The summed E-state index contributed by atoms with van der Waals surface area (Å²) in [6, 6.07) is 7.91. The van der Waals surface area contributed by atoms with E-state index >= 15 is 0 Å². The molecule has 148 valence electrons. The molecular formula is C21H30N2O3S. The van der Waals surface area contributed by atoms with E-state index in [0.29, 0.717) is 18.7 Å². The fraction of sp³-hybridized carbons (Fsp3) is 0.571. The van der Waals surface area contributed by atoms with Crippen molar-refractivity contribution >= 4 is 26.6 Å². The third kappa shape index (κ3) is 4.37. The topological polar surface area (TPSA) is 70.2 Å². The van der Waals surface area contributed by atoms with Gasteiger partial charge in [-0.05, 0) is 36.0 Å². The van der Waals surface area contributed by atoms with Crippen molar-refractivity contribution in [3.05, 3.63) is 35.5 Å². The van der Waals surface area contributed by atoms with Crippen LogP contribution >= 0.6 is 0 Å². The molecule has 1 aromatic heterocycles. The third-order valence-corrected chi connectivity index (χ3v) is 7.13. The highest BCUT2D eigenvalue weighted by Crippen LogP contribution is 2.27. The van der Waals surface area contributed by atoms with Crippen molar-refractivity contribution in [1.82, 2.24) is 9.88 Å². The second-order valence-electron chi connectivity index (χ2n) is 8.64. The molecule has 27 heavy (non-hydrogen) atoms. The summed E-state index contributed by atoms with van der Waals surface area (Å²) in [7, 11) is -3.03. The number of aromatic amines is 1. The average molecular weight is 391 g/mol. The Labute approximate surface area is 162 Å². The van der Waals surface area contributed by atoms with Crippen molar-refractivity contribution < 1.29 is 13.2 Å². The van der Waals surface area contributed by atoms with Crippen LogP contribution < -0.4 is 0 Å². The number of carbonyl (C=O) groups is 1. The summed E-state index contributed by atoms with van der Waals surface area (Å²) < 4.78 is 23.8. The Morgan fingerprint density at radius 1 is 1.26 bits per heavy atom. The molecule has 0 aliphatic carbocycles. The Bertz CT molecular complexity index is 938. The van der Waals surface area contributed by atoms with Crippen molar-refractivity contribution in [2.75, 3.05) is 18.1 Å². The van der Waals surface area contributed by atoms with Crippen LogP contribution in [-0.4, -0.2) is 48.3 Å². The number of amides is 1. The van der Waals surface area contributed by atoms with Crippen molar-refractivity contribution in [3.8, 4) is 0 Å². The number of unbranched alkanes of at least 4 members (excludes halogenated alkanes) is 1. The lowest BCUT2D eigenvalue weighted by atomic mass is 9.87. The van der Waals surface area contributed by atoms with Gasteiger partial charge in [0.25, 0.3) is 5.91 Å². The molecule has 5 nitrogen and oxygen atoms in total. The maximum Gasteiger partial charge on any atom is 0.270 e. The van der Waals surface area contributed by atoms with E-state index in [0.717, 1.165) is 23.7 Å². The quantitative estimate of drug-likeness (QED) is 0.842. The number of nitrogens with one attached hydrogen (secondary N) is 1. The first-order chi connectivity index (χ1) is 12.6. The van der Waals surface area contributed by atoms with E-state index < -0.39 is 9.84 Å². The van der Waals surface area contributed by atoms with Gasteiger partial charge < -0.3 is 9.88 Å². The van der Waals surface area contributed by atoms with Gasteiger partial charge in [0, 0.05) is 23.5 Å². The van der Waals surface area contributed by atoms with Crippen LogP contribution in [-0.2, 0) is 15.3 Å². The fourth-order valence-electron chi connectivity index (χ4n) is 3.66. The molecule has 2 aromatic rings. The Balaban J connectivity index is 1.91. The fourth-order valence-corrected chi connectivity index (χ4v) is 5.39. The standard InChI is InChI=1S/C21H30N2O3S/c1-5-6-10-23(17-9-11-27(25,26)14-17)20(24)19-12-15-7-8-16(21(2,3)4)13-18(15)22-19/h7-8,12-13,17,22H,5-6,9-11,14H2,1-4H3. The number of sulfone groups is 1. The summed E-state index contributed by atoms with van der Waals surface area (Å²) in [5.74, 6) is 0.158. The maximum absolute atomic E-state index is 13.2. The van der Waals surface area contributed by atoms with E-state index in [4.69, 9.17) is 0 Å². The molecule has 0 saturated carbocycles. The van der Waals surface area contributed by atoms with Crippen LogP contribution in [0, 0.1) is 0 Å². The van der Waals surface area contributed by atoms with Gasteiger partial charge in [-0.2, -0.15) is 0 Å². The van der Waals surface area contributed by atoms with Crippen LogP contribution in [0.15, 0.2) is 24.3 Å². The number of hydrogen-bond acceptors (Lipinski definition) is 3. The number of hydrogen-bond donors (Lipinski definition) is 1. The highest BCUT2D eigenvalue weighted by molar-refractivity contribution is 7.91. The van der Waals surface area contributed by atoms with Crippen LogP contribution in [0.2, 0.25) is 0 Å². The van der Waals surface area contributed by atoms with Gasteiger partial charge in [0.05, 0.1) is 11.5 Å². The molecule has 0 spiro atoms. The first-order valence-corrected chi connectivity index (χ1v) is 11.6. The summed E-state index contributed by atoms with van der Waals surface area (Å²) in [4.78, 5) is 18.2. The zero-order chi connectivity index (χ0) is 19.8. The van der Waals surface area contributed by atoms with Crippen molar-refractivity contribution in [1.29, 1.82) is 0 Å². The summed E-state index contributed by atoms with van der Waals surface area (Å²) in [6.07, 6.45) is 2.37.